The second-order valence-corrected chi connectivity index (χ2v) is 7.12. The molecule has 1 aliphatic heterocycles. The van der Waals surface area contributed by atoms with Gasteiger partial charge in [-0.05, 0) is 37.0 Å². The first-order valence-corrected chi connectivity index (χ1v) is 8.20. The third-order valence-electron chi connectivity index (χ3n) is 3.67. The Labute approximate surface area is 127 Å². The van der Waals surface area contributed by atoms with E-state index in [1.54, 1.807) is 0 Å². The van der Waals surface area contributed by atoms with Crippen LogP contribution in [0.4, 0.5) is 4.39 Å². The molecule has 1 N–H and O–H groups in total. The van der Waals surface area contributed by atoms with Gasteiger partial charge in [-0.1, -0.05) is 0 Å². The molecule has 0 bridgehead atoms. The van der Waals surface area contributed by atoms with Crippen LogP contribution < -0.4 is 0 Å². The van der Waals surface area contributed by atoms with Crippen molar-refractivity contribution in [2.24, 2.45) is 5.92 Å². The predicted octanol–water partition coefficient (Wildman–Crippen LogP) is 1.84. The van der Waals surface area contributed by atoms with Crippen LogP contribution in [0.1, 0.15) is 29.6 Å². The van der Waals surface area contributed by atoms with Crippen LogP contribution in [0.3, 0.4) is 0 Å². The normalized spacial score (nSPS) is 19.5. The Kier molecular flexibility index (Phi) is 4.78. The largest absolute Gasteiger partial charge is 0.478 e. The number of hydrogen-bond donors (Lipinski definition) is 1. The molecule has 0 radical (unpaired) electrons. The number of carboxylic acids is 1. The molecule has 1 aliphatic rings. The molecule has 1 aromatic carbocycles. The molecule has 6 nitrogen and oxygen atoms in total. The molecule has 1 unspecified atom stereocenters. The van der Waals surface area contributed by atoms with Crippen molar-refractivity contribution >= 4 is 16.0 Å². The van der Waals surface area contributed by atoms with Crippen LogP contribution in [0, 0.1) is 23.1 Å². The first-order chi connectivity index (χ1) is 10.4. The second-order valence-electron chi connectivity index (χ2n) is 5.18. The maximum Gasteiger partial charge on any atom is 0.338 e. The Morgan fingerprint density at radius 2 is 2.23 bits per heavy atom. The minimum Gasteiger partial charge on any atom is -0.478 e. The Morgan fingerprint density at radius 1 is 1.50 bits per heavy atom. The van der Waals surface area contributed by atoms with Crippen molar-refractivity contribution in [1.29, 1.82) is 5.26 Å². The molecule has 1 heterocycles. The van der Waals surface area contributed by atoms with Crippen LogP contribution in [0.2, 0.25) is 0 Å². The molecule has 1 atom stereocenters. The second kappa shape index (κ2) is 6.42. The number of carboxylic acid groups (broad SMARTS) is 1. The van der Waals surface area contributed by atoms with Crippen molar-refractivity contribution < 1.29 is 22.7 Å². The van der Waals surface area contributed by atoms with Gasteiger partial charge in [0.2, 0.25) is 10.0 Å². The molecule has 2 rings (SSSR count). The maximum atomic E-state index is 13.7. The van der Waals surface area contributed by atoms with Gasteiger partial charge in [-0.2, -0.15) is 9.57 Å². The Balaban J connectivity index is 2.28. The van der Waals surface area contributed by atoms with Gasteiger partial charge in [-0.25, -0.2) is 17.6 Å². The monoisotopic (exact) mass is 326 g/mol. The molecular weight excluding hydrogens is 311 g/mol. The summed E-state index contributed by atoms with van der Waals surface area (Å²) in [6, 6.07) is 4.80. The number of sulfonamides is 1. The summed E-state index contributed by atoms with van der Waals surface area (Å²) in [6.07, 6.45) is 1.70. The van der Waals surface area contributed by atoms with Crippen LogP contribution >= 0.6 is 0 Å². The summed E-state index contributed by atoms with van der Waals surface area (Å²) < 4.78 is 39.9. The first-order valence-electron chi connectivity index (χ1n) is 6.76. The number of halogens is 1. The number of nitrogens with zero attached hydrogens (tertiary/aromatic N) is 2. The van der Waals surface area contributed by atoms with E-state index in [0.29, 0.717) is 13.0 Å². The molecule has 1 saturated heterocycles. The molecule has 0 amide bonds. The molecule has 0 saturated carbocycles. The fourth-order valence-electron chi connectivity index (χ4n) is 2.52. The number of nitriles is 1. The van der Waals surface area contributed by atoms with Crippen LogP contribution in [0.5, 0.6) is 0 Å². The minimum absolute atomic E-state index is 0.0309. The molecular formula is C14H15FN2O4S. The molecule has 118 valence electrons. The highest BCUT2D eigenvalue weighted by atomic mass is 32.2. The number of benzene rings is 1. The van der Waals surface area contributed by atoms with Gasteiger partial charge in [0, 0.05) is 19.5 Å². The van der Waals surface area contributed by atoms with Crippen LogP contribution in [0.15, 0.2) is 23.1 Å². The van der Waals surface area contributed by atoms with Crippen LogP contribution in [-0.2, 0) is 10.0 Å². The number of aromatic carboxylic acids is 1. The summed E-state index contributed by atoms with van der Waals surface area (Å²) in [6.45, 7) is 0.532. The van der Waals surface area contributed by atoms with E-state index in [1.807, 2.05) is 6.07 Å². The lowest BCUT2D eigenvalue weighted by Gasteiger charge is -2.30. The minimum atomic E-state index is -3.89. The summed E-state index contributed by atoms with van der Waals surface area (Å²) in [7, 11) is -3.89. The lowest BCUT2D eigenvalue weighted by Crippen LogP contribution is -2.39. The van der Waals surface area contributed by atoms with E-state index in [2.05, 4.69) is 0 Å². The molecule has 22 heavy (non-hydrogen) atoms. The Morgan fingerprint density at radius 3 is 2.82 bits per heavy atom. The van der Waals surface area contributed by atoms with Gasteiger partial charge >= 0.3 is 5.97 Å². The summed E-state index contributed by atoms with van der Waals surface area (Å²) in [4.78, 5) is 10.5. The third-order valence-corrected chi connectivity index (χ3v) is 5.53. The van der Waals surface area contributed by atoms with Gasteiger partial charge in [0.05, 0.1) is 16.5 Å². The lowest BCUT2D eigenvalue weighted by atomic mass is 9.97. The van der Waals surface area contributed by atoms with Gasteiger partial charge in [0.15, 0.2) is 0 Å². The Hall–Kier alpha value is -1.98. The summed E-state index contributed by atoms with van der Waals surface area (Å²) in [5.74, 6) is -2.57. The van der Waals surface area contributed by atoms with Crippen molar-refractivity contribution in [3.63, 3.8) is 0 Å². The quantitative estimate of drug-likeness (QED) is 0.910. The van der Waals surface area contributed by atoms with Crippen molar-refractivity contribution in [2.45, 2.75) is 24.2 Å². The van der Waals surface area contributed by atoms with E-state index in [-0.39, 0.29) is 23.8 Å². The molecule has 1 aromatic rings. The van der Waals surface area contributed by atoms with Gasteiger partial charge in [-0.3, -0.25) is 0 Å². The van der Waals surface area contributed by atoms with E-state index < -0.39 is 27.4 Å². The smallest absolute Gasteiger partial charge is 0.338 e. The molecule has 0 spiro atoms. The molecule has 0 aliphatic carbocycles. The lowest BCUT2D eigenvalue weighted by molar-refractivity contribution is 0.0691. The zero-order valence-electron chi connectivity index (χ0n) is 11.7. The van der Waals surface area contributed by atoms with Gasteiger partial charge < -0.3 is 5.11 Å². The van der Waals surface area contributed by atoms with Crippen LogP contribution in [0.25, 0.3) is 0 Å². The van der Waals surface area contributed by atoms with E-state index >= 15 is 0 Å². The summed E-state index contributed by atoms with van der Waals surface area (Å²) >= 11 is 0. The highest BCUT2D eigenvalue weighted by molar-refractivity contribution is 7.89. The third kappa shape index (κ3) is 3.26. The fourth-order valence-corrected chi connectivity index (χ4v) is 4.09. The van der Waals surface area contributed by atoms with Crippen molar-refractivity contribution in [2.75, 3.05) is 13.1 Å². The van der Waals surface area contributed by atoms with Crippen molar-refractivity contribution in [3.05, 3.63) is 29.6 Å². The molecule has 1 fully saturated rings. The van der Waals surface area contributed by atoms with Gasteiger partial charge in [0.25, 0.3) is 0 Å². The van der Waals surface area contributed by atoms with Gasteiger partial charge in [0.1, 0.15) is 5.82 Å². The zero-order valence-corrected chi connectivity index (χ0v) is 12.5. The number of rotatable bonds is 4. The summed E-state index contributed by atoms with van der Waals surface area (Å²) in [5, 5.41) is 17.5. The first kappa shape index (κ1) is 16.4. The topological polar surface area (TPSA) is 98.5 Å². The van der Waals surface area contributed by atoms with E-state index in [1.165, 1.54) is 4.31 Å². The summed E-state index contributed by atoms with van der Waals surface area (Å²) in [5.41, 5.74) is -0.569. The number of piperidine rings is 1. The van der Waals surface area contributed by atoms with Gasteiger partial charge in [-0.15, -0.1) is 0 Å². The predicted molar refractivity (Wildman–Crippen MR) is 75.1 cm³/mol. The van der Waals surface area contributed by atoms with E-state index in [0.717, 1.165) is 24.6 Å². The average Bonchev–Trinajstić information content (AvgIpc) is 2.47. The van der Waals surface area contributed by atoms with E-state index in [4.69, 9.17) is 10.4 Å². The molecule has 0 aromatic heterocycles. The fraction of sp³-hybridized carbons (Fsp3) is 0.429. The SMILES string of the molecule is N#CCC1CCCN(S(=O)(=O)c2ccc(C(=O)O)c(F)c2)C1. The molecule has 8 heteroatoms. The highest BCUT2D eigenvalue weighted by Crippen LogP contribution is 2.26. The van der Waals surface area contributed by atoms with Crippen molar-refractivity contribution in [3.8, 4) is 6.07 Å². The standard InChI is InChI=1S/C14H15FN2O4S/c15-13-8-11(3-4-12(13)14(18)19)22(20,21)17-7-1-2-10(9-17)5-6-16/h3-4,8,10H,1-2,5,7,9H2,(H,18,19). The highest BCUT2D eigenvalue weighted by Gasteiger charge is 2.30. The van der Waals surface area contributed by atoms with Crippen LogP contribution in [-0.4, -0.2) is 36.9 Å². The Bertz CT molecular complexity index is 727. The maximum absolute atomic E-state index is 13.7. The zero-order chi connectivity index (χ0) is 16.3. The number of carbonyl (C=O) groups is 1. The number of hydrogen-bond acceptors (Lipinski definition) is 4. The van der Waals surface area contributed by atoms with E-state index in [9.17, 15) is 17.6 Å². The van der Waals surface area contributed by atoms with Crippen molar-refractivity contribution in [1.82, 2.24) is 4.31 Å². The average molecular weight is 326 g/mol.